The van der Waals surface area contributed by atoms with Crippen LogP contribution in [0.4, 0.5) is 11.4 Å². The van der Waals surface area contributed by atoms with Gasteiger partial charge in [-0.25, -0.2) is 0 Å². The van der Waals surface area contributed by atoms with Crippen molar-refractivity contribution in [3.63, 3.8) is 0 Å². The van der Waals surface area contributed by atoms with Crippen molar-refractivity contribution in [2.75, 3.05) is 16.4 Å². The van der Waals surface area contributed by atoms with E-state index in [4.69, 9.17) is 23.2 Å². The summed E-state index contributed by atoms with van der Waals surface area (Å²) in [7, 11) is 0. The van der Waals surface area contributed by atoms with Gasteiger partial charge in [0.2, 0.25) is 11.8 Å². The van der Waals surface area contributed by atoms with Crippen molar-refractivity contribution in [3.8, 4) is 0 Å². The van der Waals surface area contributed by atoms with Crippen molar-refractivity contribution in [3.05, 3.63) is 63.4 Å². The Bertz CT molecular complexity index is 1170. The van der Waals surface area contributed by atoms with Crippen LogP contribution in [-0.4, -0.2) is 32.3 Å². The summed E-state index contributed by atoms with van der Waals surface area (Å²) >= 11 is 13.2. The zero-order valence-electron chi connectivity index (χ0n) is 18.6. The topological polar surface area (TPSA) is 88.9 Å². The average molecular weight is 506 g/mol. The summed E-state index contributed by atoms with van der Waals surface area (Å²) in [5.41, 5.74) is 3.54. The summed E-state index contributed by atoms with van der Waals surface area (Å²) in [6, 6.07) is 10.9. The number of thioether (sulfide) groups is 1. The summed E-state index contributed by atoms with van der Waals surface area (Å²) in [4.78, 5) is 25.0. The number of aromatic nitrogens is 3. The number of nitrogens with zero attached hydrogens (tertiary/aromatic N) is 3. The van der Waals surface area contributed by atoms with Crippen LogP contribution < -0.4 is 10.6 Å². The highest BCUT2D eigenvalue weighted by Gasteiger charge is 2.17. The molecule has 0 aliphatic heterocycles. The van der Waals surface area contributed by atoms with Crippen molar-refractivity contribution in [2.24, 2.45) is 0 Å². The Labute approximate surface area is 207 Å². The molecule has 0 aliphatic rings. The molecule has 7 nitrogen and oxygen atoms in total. The molecule has 2 amide bonds. The summed E-state index contributed by atoms with van der Waals surface area (Å²) in [6.45, 7) is 6.55. The average Bonchev–Trinajstić information content (AvgIpc) is 3.17. The van der Waals surface area contributed by atoms with E-state index in [1.165, 1.54) is 11.8 Å². The van der Waals surface area contributed by atoms with Gasteiger partial charge in [0.25, 0.3) is 0 Å². The van der Waals surface area contributed by atoms with E-state index < -0.39 is 0 Å². The van der Waals surface area contributed by atoms with Crippen LogP contribution in [0.2, 0.25) is 10.0 Å². The lowest BCUT2D eigenvalue weighted by atomic mass is 10.1. The SMILES string of the molecule is CCc1cccc(C)c1NC(=O)CSc1nnc(CC(=O)Nc2ccc(Cl)c(Cl)c2)n1CC. The molecule has 1 heterocycles. The second-order valence-electron chi connectivity index (χ2n) is 7.30. The van der Waals surface area contributed by atoms with Crippen LogP contribution in [0.25, 0.3) is 0 Å². The summed E-state index contributed by atoms with van der Waals surface area (Å²) in [5.74, 6) is 0.334. The van der Waals surface area contributed by atoms with E-state index in [2.05, 4.69) is 27.8 Å². The summed E-state index contributed by atoms with van der Waals surface area (Å²) in [6.07, 6.45) is 0.874. The van der Waals surface area contributed by atoms with Gasteiger partial charge in [-0.05, 0) is 49.6 Å². The lowest BCUT2D eigenvalue weighted by molar-refractivity contribution is -0.116. The van der Waals surface area contributed by atoms with E-state index in [9.17, 15) is 9.59 Å². The van der Waals surface area contributed by atoms with Crippen molar-refractivity contribution in [2.45, 2.75) is 45.3 Å². The van der Waals surface area contributed by atoms with Crippen molar-refractivity contribution in [1.29, 1.82) is 0 Å². The Kier molecular flexibility index (Phi) is 8.77. The second-order valence-corrected chi connectivity index (χ2v) is 9.05. The van der Waals surface area contributed by atoms with Crippen molar-refractivity contribution >= 4 is 58.2 Å². The predicted octanol–water partition coefficient (Wildman–Crippen LogP) is 5.39. The summed E-state index contributed by atoms with van der Waals surface area (Å²) < 4.78 is 1.83. The second kappa shape index (κ2) is 11.5. The first-order valence-electron chi connectivity index (χ1n) is 10.5. The number of hydrogen-bond acceptors (Lipinski definition) is 5. The molecule has 1 aromatic heterocycles. The number of rotatable bonds is 9. The number of aryl methyl sites for hydroxylation is 2. The van der Waals surface area contributed by atoms with Crippen molar-refractivity contribution in [1.82, 2.24) is 14.8 Å². The van der Waals surface area contributed by atoms with Gasteiger partial charge >= 0.3 is 0 Å². The zero-order chi connectivity index (χ0) is 24.0. The number of carbonyl (C=O) groups excluding carboxylic acids is 2. The number of anilines is 2. The number of halogens is 2. The van der Waals surface area contributed by atoms with Gasteiger partial charge in [-0.15, -0.1) is 10.2 Å². The quantitative estimate of drug-likeness (QED) is 0.380. The van der Waals surface area contributed by atoms with Crippen molar-refractivity contribution < 1.29 is 9.59 Å². The first-order valence-corrected chi connectivity index (χ1v) is 12.2. The maximum absolute atomic E-state index is 12.6. The third-order valence-corrected chi connectivity index (χ3v) is 6.67. The molecule has 0 unspecified atom stereocenters. The number of amides is 2. The molecule has 0 fully saturated rings. The lowest BCUT2D eigenvalue weighted by Crippen LogP contribution is -2.18. The number of carbonyl (C=O) groups is 2. The smallest absolute Gasteiger partial charge is 0.234 e. The molecule has 0 radical (unpaired) electrons. The van der Waals surface area contributed by atoms with E-state index in [1.54, 1.807) is 18.2 Å². The third-order valence-electron chi connectivity index (χ3n) is 4.97. The Morgan fingerprint density at radius 3 is 2.52 bits per heavy atom. The fourth-order valence-corrected chi connectivity index (χ4v) is 4.42. The van der Waals surface area contributed by atoms with Gasteiger partial charge in [-0.3, -0.25) is 9.59 Å². The largest absolute Gasteiger partial charge is 0.326 e. The standard InChI is InChI=1S/C23H25Cl2N5O2S/c1-4-15-8-6-7-14(3)22(15)27-21(32)13-33-23-29-28-19(30(23)5-2)12-20(31)26-16-9-10-17(24)18(25)11-16/h6-11H,4-5,12-13H2,1-3H3,(H,26,31)(H,27,32). The van der Waals surface area contributed by atoms with Crippen LogP contribution in [0.3, 0.4) is 0 Å². The predicted molar refractivity (Wildman–Crippen MR) is 134 cm³/mol. The minimum Gasteiger partial charge on any atom is -0.326 e. The molecule has 10 heteroatoms. The zero-order valence-corrected chi connectivity index (χ0v) is 20.9. The fraction of sp³-hybridized carbons (Fsp3) is 0.304. The van der Waals surface area contributed by atoms with Crippen LogP contribution in [0.5, 0.6) is 0 Å². The number of nitrogens with one attached hydrogen (secondary N) is 2. The van der Waals surface area contributed by atoms with Crippen LogP contribution >= 0.6 is 35.0 Å². The molecule has 0 saturated heterocycles. The normalized spacial score (nSPS) is 10.8. The van der Waals surface area contributed by atoms with Gasteiger partial charge in [0, 0.05) is 17.9 Å². The Morgan fingerprint density at radius 2 is 1.82 bits per heavy atom. The van der Waals surface area contributed by atoms with Gasteiger partial charge in [0.1, 0.15) is 5.82 Å². The highest BCUT2D eigenvalue weighted by atomic mass is 35.5. The molecular formula is C23H25Cl2N5O2S. The first-order chi connectivity index (χ1) is 15.8. The molecule has 2 N–H and O–H groups in total. The third kappa shape index (κ3) is 6.50. The van der Waals surface area contributed by atoms with Crippen LogP contribution in [0, 0.1) is 6.92 Å². The Balaban J connectivity index is 1.61. The highest BCUT2D eigenvalue weighted by Crippen LogP contribution is 2.25. The van der Waals surface area contributed by atoms with Crippen LogP contribution in [0.1, 0.15) is 30.8 Å². The van der Waals surface area contributed by atoms with E-state index in [-0.39, 0.29) is 24.0 Å². The Hall–Kier alpha value is -2.55. The fourth-order valence-electron chi connectivity index (χ4n) is 3.30. The first kappa shape index (κ1) is 25.1. The number of benzene rings is 2. The van der Waals surface area contributed by atoms with Gasteiger partial charge in [0.15, 0.2) is 5.16 Å². The minimum absolute atomic E-state index is 0.0386. The van der Waals surface area contributed by atoms with Crippen LogP contribution in [-0.2, 0) is 29.0 Å². The van der Waals surface area contributed by atoms with E-state index in [1.807, 2.05) is 36.6 Å². The molecule has 0 spiro atoms. The molecule has 0 saturated carbocycles. The van der Waals surface area contributed by atoms with Crippen LogP contribution in [0.15, 0.2) is 41.6 Å². The summed E-state index contributed by atoms with van der Waals surface area (Å²) in [5, 5.41) is 15.5. The molecule has 0 atom stereocenters. The van der Waals surface area contributed by atoms with Gasteiger partial charge in [-0.1, -0.05) is 60.1 Å². The molecule has 174 valence electrons. The molecule has 3 aromatic rings. The molecular weight excluding hydrogens is 481 g/mol. The van der Waals surface area contributed by atoms with Gasteiger partial charge < -0.3 is 15.2 Å². The number of para-hydroxylation sites is 1. The van der Waals surface area contributed by atoms with E-state index in [0.717, 1.165) is 23.2 Å². The number of hydrogen-bond donors (Lipinski definition) is 2. The Morgan fingerprint density at radius 1 is 1.03 bits per heavy atom. The van der Waals surface area contributed by atoms with Gasteiger partial charge in [0.05, 0.1) is 22.2 Å². The monoisotopic (exact) mass is 505 g/mol. The van der Waals surface area contributed by atoms with Gasteiger partial charge in [-0.2, -0.15) is 0 Å². The maximum Gasteiger partial charge on any atom is 0.234 e. The van der Waals surface area contributed by atoms with E-state index >= 15 is 0 Å². The molecule has 0 bridgehead atoms. The maximum atomic E-state index is 12.6. The molecule has 33 heavy (non-hydrogen) atoms. The molecule has 0 aliphatic carbocycles. The van der Waals surface area contributed by atoms with E-state index in [0.29, 0.717) is 33.3 Å². The highest BCUT2D eigenvalue weighted by molar-refractivity contribution is 7.99. The molecule has 2 aromatic carbocycles. The lowest BCUT2D eigenvalue weighted by Gasteiger charge is -2.13. The minimum atomic E-state index is -0.253. The molecule has 3 rings (SSSR count).